The van der Waals surface area contributed by atoms with Gasteiger partial charge in [0.1, 0.15) is 0 Å². The molecule has 3 N–H and O–H groups in total. The van der Waals surface area contributed by atoms with E-state index in [0.29, 0.717) is 17.7 Å². The van der Waals surface area contributed by atoms with E-state index >= 15 is 0 Å². The zero-order valence-electron chi connectivity index (χ0n) is 14.9. The molecule has 0 bridgehead atoms. The number of aliphatic carboxylic acids is 1. The number of carboxylic acid groups (broad SMARTS) is 1. The Kier molecular flexibility index (Phi) is 7.09. The Morgan fingerprint density at radius 3 is 2.22 bits per heavy atom. The van der Waals surface area contributed by atoms with Crippen molar-refractivity contribution in [1.82, 2.24) is 10.0 Å². The number of rotatable bonds is 9. The molecule has 0 aliphatic rings. The molecule has 144 valence electrons. The minimum Gasteiger partial charge on any atom is -0.481 e. The van der Waals surface area contributed by atoms with Gasteiger partial charge in [-0.15, -0.1) is 0 Å². The highest BCUT2D eigenvalue weighted by atomic mass is 32.2. The van der Waals surface area contributed by atoms with Crippen LogP contribution in [0.1, 0.15) is 24.0 Å². The van der Waals surface area contributed by atoms with Crippen LogP contribution in [0.2, 0.25) is 0 Å². The lowest BCUT2D eigenvalue weighted by molar-refractivity contribution is -0.138. The van der Waals surface area contributed by atoms with Crippen LogP contribution < -0.4 is 10.0 Å². The predicted octanol–water partition coefficient (Wildman–Crippen LogP) is 1.51. The molecule has 27 heavy (non-hydrogen) atoms. The van der Waals surface area contributed by atoms with E-state index in [4.69, 9.17) is 0 Å². The summed E-state index contributed by atoms with van der Waals surface area (Å²) in [5.74, 6) is -2.18. The third kappa shape index (κ3) is 5.90. The molecule has 0 heterocycles. The first-order valence-electron chi connectivity index (χ1n) is 8.46. The molecular formula is C19H22N2O5S. The second-order valence-corrected chi connectivity index (χ2v) is 7.69. The number of hydrogen-bond donors (Lipinski definition) is 3. The second-order valence-electron chi connectivity index (χ2n) is 5.93. The number of hydrogen-bond acceptors (Lipinski definition) is 4. The van der Waals surface area contributed by atoms with Crippen LogP contribution in [0.4, 0.5) is 0 Å². The number of amides is 1. The maximum absolute atomic E-state index is 12.1. The largest absolute Gasteiger partial charge is 0.481 e. The summed E-state index contributed by atoms with van der Waals surface area (Å²) in [4.78, 5) is 23.7. The Bertz CT molecular complexity index is 880. The minimum atomic E-state index is -3.53. The van der Waals surface area contributed by atoms with Gasteiger partial charge in [-0.3, -0.25) is 9.59 Å². The molecule has 1 amide bonds. The van der Waals surface area contributed by atoms with Crippen molar-refractivity contribution in [2.75, 3.05) is 13.1 Å². The summed E-state index contributed by atoms with van der Waals surface area (Å²) in [6.07, 6.45) is 0.0304. The molecule has 0 fully saturated rings. The van der Waals surface area contributed by atoms with E-state index in [-0.39, 0.29) is 23.8 Å². The summed E-state index contributed by atoms with van der Waals surface area (Å²) in [5, 5.41) is 12.0. The Labute approximate surface area is 158 Å². The molecule has 0 radical (unpaired) electrons. The molecule has 1 unspecified atom stereocenters. The van der Waals surface area contributed by atoms with Gasteiger partial charge >= 0.3 is 5.97 Å². The summed E-state index contributed by atoms with van der Waals surface area (Å²) in [7, 11) is -3.53. The quantitative estimate of drug-likeness (QED) is 0.601. The predicted molar refractivity (Wildman–Crippen MR) is 101 cm³/mol. The zero-order valence-corrected chi connectivity index (χ0v) is 15.7. The van der Waals surface area contributed by atoms with E-state index in [0.717, 1.165) is 0 Å². The molecule has 0 aliphatic carbocycles. The van der Waals surface area contributed by atoms with Crippen LogP contribution in [0.25, 0.3) is 0 Å². The fraction of sp³-hybridized carbons (Fsp3) is 0.263. The van der Waals surface area contributed by atoms with E-state index in [2.05, 4.69) is 10.0 Å². The first-order valence-corrected chi connectivity index (χ1v) is 9.95. The highest BCUT2D eigenvalue weighted by molar-refractivity contribution is 7.89. The lowest BCUT2D eigenvalue weighted by Gasteiger charge is -2.14. The maximum Gasteiger partial charge on any atom is 0.312 e. The molecule has 0 spiro atoms. The lowest BCUT2D eigenvalue weighted by Crippen LogP contribution is -2.32. The Morgan fingerprint density at radius 2 is 1.67 bits per heavy atom. The molecular weight excluding hydrogens is 368 g/mol. The van der Waals surface area contributed by atoms with Crippen LogP contribution in [-0.4, -0.2) is 38.5 Å². The van der Waals surface area contributed by atoms with Crippen molar-refractivity contribution in [2.45, 2.75) is 24.2 Å². The molecule has 8 heteroatoms. The second kappa shape index (κ2) is 9.29. The molecule has 2 aromatic rings. The average molecular weight is 390 g/mol. The molecule has 1 atom stereocenters. The van der Waals surface area contributed by atoms with E-state index < -0.39 is 21.9 Å². The first kappa shape index (κ1) is 20.6. The number of carbonyl (C=O) groups excluding carboxylic acids is 1. The van der Waals surface area contributed by atoms with Gasteiger partial charge in [-0.2, -0.15) is 0 Å². The molecule has 0 aliphatic heterocycles. The summed E-state index contributed by atoms with van der Waals surface area (Å²) in [6.45, 7) is 1.96. The molecule has 2 aromatic carbocycles. The van der Waals surface area contributed by atoms with Gasteiger partial charge < -0.3 is 10.4 Å². The van der Waals surface area contributed by atoms with Crippen molar-refractivity contribution >= 4 is 21.9 Å². The van der Waals surface area contributed by atoms with Gasteiger partial charge in [0.2, 0.25) is 15.9 Å². The monoisotopic (exact) mass is 390 g/mol. The van der Waals surface area contributed by atoms with Crippen LogP contribution >= 0.6 is 0 Å². The fourth-order valence-corrected chi connectivity index (χ4v) is 3.60. The Hall–Kier alpha value is -2.71. The standard InChI is InChI=1S/C19H22N2O5S/c1-2-21-27(25,26)16-10-8-14(9-11-16)12-18(22)20-13-17(19(23)24)15-6-4-3-5-7-15/h3-11,17,21H,2,12-13H2,1H3,(H,20,22)(H,23,24). The van der Waals surface area contributed by atoms with Crippen LogP contribution in [-0.2, 0) is 26.0 Å². The molecule has 0 saturated carbocycles. The average Bonchev–Trinajstić information content (AvgIpc) is 2.63. The normalized spacial score (nSPS) is 12.3. The summed E-state index contributed by atoms with van der Waals surface area (Å²) < 4.78 is 26.2. The van der Waals surface area contributed by atoms with Gasteiger partial charge in [-0.25, -0.2) is 13.1 Å². The molecule has 0 aromatic heterocycles. The number of sulfonamides is 1. The molecule has 2 rings (SSSR count). The van der Waals surface area contributed by atoms with E-state index in [9.17, 15) is 23.1 Å². The fourth-order valence-electron chi connectivity index (χ4n) is 2.56. The van der Waals surface area contributed by atoms with Crippen molar-refractivity contribution < 1.29 is 23.1 Å². The minimum absolute atomic E-state index is 0.0228. The van der Waals surface area contributed by atoms with Gasteiger partial charge in [0, 0.05) is 13.1 Å². The third-order valence-electron chi connectivity index (χ3n) is 3.94. The van der Waals surface area contributed by atoms with Gasteiger partial charge in [-0.1, -0.05) is 49.4 Å². The summed E-state index contributed by atoms with van der Waals surface area (Å²) >= 11 is 0. The van der Waals surface area contributed by atoms with Gasteiger partial charge in [0.25, 0.3) is 0 Å². The van der Waals surface area contributed by atoms with Gasteiger partial charge in [0.15, 0.2) is 0 Å². The smallest absolute Gasteiger partial charge is 0.312 e. The Morgan fingerprint density at radius 1 is 1.04 bits per heavy atom. The molecule has 0 saturated heterocycles. The van der Waals surface area contributed by atoms with Crippen molar-refractivity contribution in [3.63, 3.8) is 0 Å². The maximum atomic E-state index is 12.1. The van der Waals surface area contributed by atoms with Crippen molar-refractivity contribution in [2.24, 2.45) is 0 Å². The number of nitrogens with one attached hydrogen (secondary N) is 2. The topological polar surface area (TPSA) is 113 Å². The number of benzene rings is 2. The van der Waals surface area contributed by atoms with E-state index in [1.54, 1.807) is 49.4 Å². The molecule has 7 nitrogen and oxygen atoms in total. The van der Waals surface area contributed by atoms with Crippen LogP contribution in [0, 0.1) is 0 Å². The highest BCUT2D eigenvalue weighted by Gasteiger charge is 2.20. The number of carboxylic acids is 1. The van der Waals surface area contributed by atoms with E-state index in [1.165, 1.54) is 12.1 Å². The van der Waals surface area contributed by atoms with Crippen LogP contribution in [0.5, 0.6) is 0 Å². The van der Waals surface area contributed by atoms with Crippen molar-refractivity contribution in [1.29, 1.82) is 0 Å². The summed E-state index contributed by atoms with van der Waals surface area (Å²) in [6, 6.07) is 14.7. The first-order chi connectivity index (χ1) is 12.8. The van der Waals surface area contributed by atoms with Crippen molar-refractivity contribution in [3.05, 3.63) is 65.7 Å². The SMILES string of the molecule is CCNS(=O)(=O)c1ccc(CC(=O)NCC(C(=O)O)c2ccccc2)cc1. The third-order valence-corrected chi connectivity index (χ3v) is 5.50. The van der Waals surface area contributed by atoms with Gasteiger partial charge in [-0.05, 0) is 23.3 Å². The van der Waals surface area contributed by atoms with E-state index in [1.807, 2.05) is 0 Å². The lowest BCUT2D eigenvalue weighted by atomic mass is 9.99. The van der Waals surface area contributed by atoms with Crippen LogP contribution in [0.3, 0.4) is 0 Å². The van der Waals surface area contributed by atoms with Crippen LogP contribution in [0.15, 0.2) is 59.5 Å². The number of carbonyl (C=O) groups is 2. The van der Waals surface area contributed by atoms with Gasteiger partial charge in [0.05, 0.1) is 17.2 Å². The summed E-state index contributed by atoms with van der Waals surface area (Å²) in [5.41, 5.74) is 1.25. The highest BCUT2D eigenvalue weighted by Crippen LogP contribution is 2.15. The van der Waals surface area contributed by atoms with Crippen molar-refractivity contribution in [3.8, 4) is 0 Å². The zero-order chi connectivity index (χ0) is 19.9. The Balaban J connectivity index is 1.96.